The summed E-state index contributed by atoms with van der Waals surface area (Å²) in [5.41, 5.74) is 0. The number of hydrogen-bond donors (Lipinski definition) is 1. The number of amides is 1. The summed E-state index contributed by atoms with van der Waals surface area (Å²) < 4.78 is 12.3. The normalized spacial score (nSPS) is 18.4. The van der Waals surface area contributed by atoms with Crippen molar-refractivity contribution in [1.82, 2.24) is 9.78 Å². The van der Waals surface area contributed by atoms with Crippen molar-refractivity contribution in [2.24, 2.45) is 5.92 Å². The first-order valence-electron chi connectivity index (χ1n) is 6.93. The molecule has 2 aromatic heterocycles. The van der Waals surface area contributed by atoms with Gasteiger partial charge in [0.1, 0.15) is 11.6 Å². The van der Waals surface area contributed by atoms with Crippen LogP contribution in [0.3, 0.4) is 0 Å². The maximum absolute atomic E-state index is 11.9. The summed E-state index contributed by atoms with van der Waals surface area (Å²) in [4.78, 5) is 11.9. The van der Waals surface area contributed by atoms with E-state index in [1.807, 2.05) is 0 Å². The molecule has 1 atom stereocenters. The predicted octanol–water partition coefficient (Wildman–Crippen LogP) is 2.16. The second kappa shape index (κ2) is 6.41. The number of rotatable bonds is 5. The maximum atomic E-state index is 11.9. The quantitative estimate of drug-likeness (QED) is 0.856. The molecule has 0 aromatic carbocycles. The SMILES string of the molecule is O=C(C=Cc1ccco1)Nc1ccnn1CC1CCOC1. The summed E-state index contributed by atoms with van der Waals surface area (Å²) in [6.45, 7) is 2.32. The Labute approximate surface area is 122 Å². The number of carbonyl (C=O) groups is 1. The first-order chi connectivity index (χ1) is 10.3. The van der Waals surface area contributed by atoms with Crippen LogP contribution in [-0.4, -0.2) is 28.9 Å². The monoisotopic (exact) mass is 287 g/mol. The zero-order valence-electron chi connectivity index (χ0n) is 11.6. The molecule has 1 N–H and O–H groups in total. The Hall–Kier alpha value is -2.34. The minimum absolute atomic E-state index is 0.212. The Balaban J connectivity index is 1.59. The molecule has 6 nitrogen and oxygen atoms in total. The molecule has 21 heavy (non-hydrogen) atoms. The molecule has 0 aliphatic carbocycles. The molecular formula is C15H17N3O3. The summed E-state index contributed by atoms with van der Waals surface area (Å²) in [5.74, 6) is 1.58. The van der Waals surface area contributed by atoms with Gasteiger partial charge in [0.2, 0.25) is 5.91 Å². The lowest BCUT2D eigenvalue weighted by molar-refractivity contribution is -0.111. The number of furan rings is 1. The van der Waals surface area contributed by atoms with E-state index in [9.17, 15) is 4.79 Å². The van der Waals surface area contributed by atoms with Crippen LogP contribution in [0.25, 0.3) is 6.08 Å². The molecule has 0 bridgehead atoms. The highest BCUT2D eigenvalue weighted by atomic mass is 16.5. The largest absolute Gasteiger partial charge is 0.465 e. The van der Waals surface area contributed by atoms with E-state index in [1.165, 1.54) is 6.08 Å². The van der Waals surface area contributed by atoms with Crippen molar-refractivity contribution >= 4 is 17.8 Å². The third-order valence-corrected chi connectivity index (χ3v) is 3.37. The van der Waals surface area contributed by atoms with E-state index in [0.717, 1.165) is 26.2 Å². The Morgan fingerprint density at radius 1 is 1.52 bits per heavy atom. The molecule has 3 heterocycles. The summed E-state index contributed by atoms with van der Waals surface area (Å²) in [7, 11) is 0. The fraction of sp³-hybridized carbons (Fsp3) is 0.333. The Morgan fingerprint density at radius 2 is 2.48 bits per heavy atom. The molecule has 1 aliphatic rings. The van der Waals surface area contributed by atoms with Gasteiger partial charge in [-0.2, -0.15) is 5.10 Å². The minimum atomic E-state index is -0.212. The number of ether oxygens (including phenoxy) is 1. The lowest BCUT2D eigenvalue weighted by atomic mass is 10.1. The van der Waals surface area contributed by atoms with Gasteiger partial charge in [0.25, 0.3) is 0 Å². The highest BCUT2D eigenvalue weighted by Gasteiger charge is 2.17. The van der Waals surface area contributed by atoms with Gasteiger partial charge in [-0.15, -0.1) is 0 Å². The molecule has 6 heteroatoms. The Kier molecular flexibility index (Phi) is 4.16. The van der Waals surface area contributed by atoms with Crippen molar-refractivity contribution in [1.29, 1.82) is 0 Å². The summed E-state index contributed by atoms with van der Waals surface area (Å²) in [5, 5.41) is 7.07. The van der Waals surface area contributed by atoms with Crippen LogP contribution in [-0.2, 0) is 16.1 Å². The summed E-state index contributed by atoms with van der Waals surface area (Å²) in [6, 6.07) is 5.35. The fourth-order valence-electron chi connectivity index (χ4n) is 2.27. The van der Waals surface area contributed by atoms with E-state index in [-0.39, 0.29) is 5.91 Å². The molecule has 1 aliphatic heterocycles. The van der Waals surface area contributed by atoms with Crippen LogP contribution in [0, 0.1) is 5.92 Å². The standard InChI is InChI=1S/C15H17N3O3/c19-15(4-3-13-2-1-8-21-13)17-14-5-7-16-18(14)10-12-6-9-20-11-12/h1-5,7-8,12H,6,9-11H2,(H,17,19). The van der Waals surface area contributed by atoms with Crippen LogP contribution in [0.15, 0.2) is 41.2 Å². The van der Waals surface area contributed by atoms with Crippen molar-refractivity contribution in [3.63, 3.8) is 0 Å². The lowest BCUT2D eigenvalue weighted by Crippen LogP contribution is -2.17. The summed E-state index contributed by atoms with van der Waals surface area (Å²) in [6.07, 6.45) is 7.35. The van der Waals surface area contributed by atoms with Gasteiger partial charge in [-0.25, -0.2) is 4.68 Å². The van der Waals surface area contributed by atoms with Gasteiger partial charge in [0.05, 0.1) is 19.1 Å². The van der Waals surface area contributed by atoms with Crippen LogP contribution < -0.4 is 5.32 Å². The number of carbonyl (C=O) groups excluding carboxylic acids is 1. The predicted molar refractivity (Wildman–Crippen MR) is 77.5 cm³/mol. The molecule has 0 saturated carbocycles. The third-order valence-electron chi connectivity index (χ3n) is 3.37. The maximum Gasteiger partial charge on any atom is 0.249 e. The van der Waals surface area contributed by atoms with E-state index in [4.69, 9.17) is 9.15 Å². The van der Waals surface area contributed by atoms with E-state index in [1.54, 1.807) is 41.4 Å². The van der Waals surface area contributed by atoms with Crippen molar-refractivity contribution in [3.05, 3.63) is 42.5 Å². The van der Waals surface area contributed by atoms with Crippen LogP contribution in [0.1, 0.15) is 12.2 Å². The Bertz CT molecular complexity index is 610. The third kappa shape index (κ3) is 3.61. The zero-order chi connectivity index (χ0) is 14.5. The molecule has 1 fully saturated rings. The molecule has 3 rings (SSSR count). The second-order valence-corrected chi connectivity index (χ2v) is 4.97. The lowest BCUT2D eigenvalue weighted by Gasteiger charge is -2.11. The van der Waals surface area contributed by atoms with Gasteiger partial charge in [-0.1, -0.05) is 0 Å². The first kappa shape index (κ1) is 13.6. The van der Waals surface area contributed by atoms with Crippen LogP contribution in [0.4, 0.5) is 5.82 Å². The number of nitrogens with zero attached hydrogens (tertiary/aromatic N) is 2. The van der Waals surface area contributed by atoms with Gasteiger partial charge in [0, 0.05) is 31.2 Å². The van der Waals surface area contributed by atoms with Gasteiger partial charge in [-0.3, -0.25) is 4.79 Å². The van der Waals surface area contributed by atoms with Gasteiger partial charge >= 0.3 is 0 Å². The fourth-order valence-corrected chi connectivity index (χ4v) is 2.27. The van der Waals surface area contributed by atoms with Gasteiger partial charge in [0.15, 0.2) is 0 Å². The number of nitrogens with one attached hydrogen (secondary N) is 1. The van der Waals surface area contributed by atoms with Crippen molar-refractivity contribution < 1.29 is 13.9 Å². The van der Waals surface area contributed by atoms with Crippen molar-refractivity contribution in [2.75, 3.05) is 18.5 Å². The second-order valence-electron chi connectivity index (χ2n) is 4.97. The number of aromatic nitrogens is 2. The minimum Gasteiger partial charge on any atom is -0.465 e. The molecule has 0 radical (unpaired) electrons. The molecular weight excluding hydrogens is 270 g/mol. The van der Waals surface area contributed by atoms with Crippen LogP contribution >= 0.6 is 0 Å². The van der Waals surface area contributed by atoms with Crippen LogP contribution in [0.5, 0.6) is 0 Å². The van der Waals surface area contributed by atoms with Crippen molar-refractivity contribution in [3.8, 4) is 0 Å². The van der Waals surface area contributed by atoms with E-state index in [2.05, 4.69) is 10.4 Å². The molecule has 2 aromatic rings. The van der Waals surface area contributed by atoms with Crippen LogP contribution in [0.2, 0.25) is 0 Å². The van der Waals surface area contributed by atoms with Gasteiger partial charge < -0.3 is 14.5 Å². The molecule has 0 spiro atoms. The Morgan fingerprint density at radius 3 is 3.24 bits per heavy atom. The summed E-state index contributed by atoms with van der Waals surface area (Å²) >= 11 is 0. The first-order valence-corrected chi connectivity index (χ1v) is 6.93. The van der Waals surface area contributed by atoms with Gasteiger partial charge in [-0.05, 0) is 24.6 Å². The van der Waals surface area contributed by atoms with E-state index >= 15 is 0 Å². The van der Waals surface area contributed by atoms with E-state index in [0.29, 0.717) is 17.5 Å². The number of hydrogen-bond acceptors (Lipinski definition) is 4. The molecule has 110 valence electrons. The molecule has 1 amide bonds. The smallest absolute Gasteiger partial charge is 0.249 e. The topological polar surface area (TPSA) is 69.3 Å². The average Bonchev–Trinajstić information content (AvgIpc) is 3.20. The highest BCUT2D eigenvalue weighted by molar-refractivity contribution is 6.01. The van der Waals surface area contributed by atoms with Crippen molar-refractivity contribution in [2.45, 2.75) is 13.0 Å². The zero-order valence-corrected chi connectivity index (χ0v) is 11.6. The molecule has 1 unspecified atom stereocenters. The van der Waals surface area contributed by atoms with E-state index < -0.39 is 0 Å². The average molecular weight is 287 g/mol. The highest BCUT2D eigenvalue weighted by Crippen LogP contribution is 2.17. The number of anilines is 1. The molecule has 1 saturated heterocycles.